The van der Waals surface area contributed by atoms with E-state index in [1.54, 1.807) is 11.3 Å². The minimum atomic E-state index is 0. The molecule has 2 rings (SSSR count). The molecule has 0 saturated heterocycles. The van der Waals surface area contributed by atoms with Gasteiger partial charge in [-0.15, -0.1) is 23.7 Å². The Morgan fingerprint density at radius 1 is 1.53 bits per heavy atom. The molecule has 1 heterocycles. The lowest BCUT2D eigenvalue weighted by Gasteiger charge is -1.89. The normalized spacial score (nSPS) is 9.40. The van der Waals surface area contributed by atoms with Crippen molar-refractivity contribution in [3.8, 4) is 0 Å². The minimum absolute atomic E-state index is 0. The number of nitrogens with zero attached hydrogens (tertiary/aromatic N) is 2. The summed E-state index contributed by atoms with van der Waals surface area (Å²) in [5, 5.41) is 3.52. The summed E-state index contributed by atoms with van der Waals surface area (Å²) in [7, 11) is 0. The first-order chi connectivity index (χ1) is 6.83. The summed E-state index contributed by atoms with van der Waals surface area (Å²) in [6.45, 7) is 2.10. The number of aromatic nitrogens is 1. The largest absolute Gasteiger partial charge is 0.241 e. The van der Waals surface area contributed by atoms with Crippen molar-refractivity contribution in [1.29, 1.82) is 0 Å². The fourth-order valence-electron chi connectivity index (χ4n) is 1.23. The molecule has 2 aromatic rings. The molecule has 0 aliphatic heterocycles. The maximum Gasteiger partial charge on any atom is 0.0935 e. The van der Waals surface area contributed by atoms with Gasteiger partial charge in [0.25, 0.3) is 0 Å². The van der Waals surface area contributed by atoms with Gasteiger partial charge in [0.2, 0.25) is 0 Å². The average Bonchev–Trinajstić information content (AvgIpc) is 2.60. The number of fused-ring (bicyclic) bond motifs is 1. The molecule has 15 heavy (non-hydrogen) atoms. The predicted octanol–water partition coefficient (Wildman–Crippen LogP) is 4.01. The van der Waals surface area contributed by atoms with Gasteiger partial charge in [0.05, 0.1) is 26.1 Å². The van der Waals surface area contributed by atoms with Crippen molar-refractivity contribution in [3.05, 3.63) is 23.2 Å². The summed E-state index contributed by atoms with van der Waals surface area (Å²) in [5.74, 6) is 0. The van der Waals surface area contributed by atoms with Crippen LogP contribution in [0.4, 0.5) is 5.69 Å². The number of halogens is 1. The van der Waals surface area contributed by atoms with E-state index in [9.17, 15) is 0 Å². The van der Waals surface area contributed by atoms with Crippen molar-refractivity contribution in [2.75, 3.05) is 0 Å². The van der Waals surface area contributed by atoms with E-state index in [0.29, 0.717) is 0 Å². The van der Waals surface area contributed by atoms with Gasteiger partial charge in [-0.2, -0.15) is 4.99 Å². The van der Waals surface area contributed by atoms with Crippen molar-refractivity contribution in [1.82, 2.24) is 4.98 Å². The Morgan fingerprint density at radius 3 is 3.00 bits per heavy atom. The van der Waals surface area contributed by atoms with Gasteiger partial charge < -0.3 is 0 Å². The lowest BCUT2D eigenvalue weighted by molar-refractivity contribution is 1.11. The van der Waals surface area contributed by atoms with Gasteiger partial charge in [0.15, 0.2) is 0 Å². The van der Waals surface area contributed by atoms with E-state index < -0.39 is 0 Å². The van der Waals surface area contributed by atoms with Gasteiger partial charge in [-0.05, 0) is 36.8 Å². The number of isothiocyanates is 1. The van der Waals surface area contributed by atoms with Crippen molar-refractivity contribution >= 4 is 57.0 Å². The molecule has 0 atom stereocenters. The molecule has 1 aromatic heterocycles. The second-order valence-electron chi connectivity index (χ2n) is 2.82. The van der Waals surface area contributed by atoms with Crippen molar-refractivity contribution < 1.29 is 0 Å². The molecule has 78 valence electrons. The van der Waals surface area contributed by atoms with Crippen LogP contribution in [0.1, 0.15) is 11.9 Å². The van der Waals surface area contributed by atoms with E-state index in [2.05, 4.69) is 34.3 Å². The first-order valence-electron chi connectivity index (χ1n) is 4.31. The summed E-state index contributed by atoms with van der Waals surface area (Å²) >= 11 is 6.26. The highest BCUT2D eigenvalue weighted by Crippen LogP contribution is 2.26. The average molecular weight is 257 g/mol. The molecule has 0 aliphatic rings. The zero-order valence-electron chi connectivity index (χ0n) is 8.06. The lowest BCUT2D eigenvalue weighted by Crippen LogP contribution is -1.73. The third-order valence-corrected chi connectivity index (χ3v) is 3.15. The van der Waals surface area contributed by atoms with Crippen LogP contribution in [0.25, 0.3) is 10.2 Å². The molecular weight excluding hydrogens is 248 g/mol. The number of hydrogen-bond donors (Lipinski definition) is 0. The van der Waals surface area contributed by atoms with Crippen LogP contribution >= 0.6 is 36.0 Å². The maximum atomic E-state index is 4.56. The second-order valence-corrected chi connectivity index (χ2v) is 4.11. The van der Waals surface area contributed by atoms with Crippen molar-refractivity contribution in [2.45, 2.75) is 13.3 Å². The van der Waals surface area contributed by atoms with Crippen LogP contribution in [-0.4, -0.2) is 10.1 Å². The molecule has 0 bridgehead atoms. The molecular formula is C10H9ClN2S2. The third-order valence-electron chi connectivity index (χ3n) is 1.89. The van der Waals surface area contributed by atoms with Gasteiger partial charge >= 0.3 is 0 Å². The van der Waals surface area contributed by atoms with Crippen molar-refractivity contribution in [2.24, 2.45) is 4.99 Å². The topological polar surface area (TPSA) is 25.2 Å². The van der Waals surface area contributed by atoms with Gasteiger partial charge in [0.1, 0.15) is 0 Å². The number of hydrogen-bond acceptors (Lipinski definition) is 4. The summed E-state index contributed by atoms with van der Waals surface area (Å²) in [4.78, 5) is 8.40. The highest BCUT2D eigenvalue weighted by molar-refractivity contribution is 7.78. The number of thiazole rings is 1. The first kappa shape index (κ1) is 12.3. The highest BCUT2D eigenvalue weighted by Gasteiger charge is 2.02. The molecule has 1 aromatic carbocycles. The number of thiocarbonyl (C=S) groups is 1. The van der Waals surface area contributed by atoms with E-state index in [4.69, 9.17) is 0 Å². The number of benzene rings is 1. The molecule has 0 unspecified atom stereocenters. The van der Waals surface area contributed by atoms with Crippen LogP contribution in [-0.2, 0) is 6.42 Å². The molecule has 0 radical (unpaired) electrons. The maximum absolute atomic E-state index is 4.56. The summed E-state index contributed by atoms with van der Waals surface area (Å²) in [6.07, 6.45) is 0.977. The Labute approximate surface area is 103 Å². The fourth-order valence-corrected chi connectivity index (χ4v) is 2.28. The molecule has 0 saturated carbocycles. The van der Waals surface area contributed by atoms with Crippen molar-refractivity contribution in [3.63, 3.8) is 0 Å². The zero-order valence-corrected chi connectivity index (χ0v) is 10.5. The van der Waals surface area contributed by atoms with Crippen LogP contribution in [0.2, 0.25) is 0 Å². The van der Waals surface area contributed by atoms with E-state index >= 15 is 0 Å². The minimum Gasteiger partial charge on any atom is -0.241 e. The Morgan fingerprint density at radius 2 is 2.33 bits per heavy atom. The Balaban J connectivity index is 0.00000112. The van der Waals surface area contributed by atoms with Gasteiger partial charge in [0, 0.05) is 0 Å². The smallest absolute Gasteiger partial charge is 0.0935 e. The number of rotatable bonds is 2. The number of aliphatic imine (C=N–C) groups is 1. The SMILES string of the molecule is CCc1nc2ccc(N=C=S)cc2s1.Cl. The van der Waals surface area contributed by atoms with E-state index in [1.165, 1.54) is 0 Å². The van der Waals surface area contributed by atoms with Gasteiger partial charge in [-0.25, -0.2) is 4.98 Å². The summed E-state index contributed by atoms with van der Waals surface area (Å²) in [6, 6.07) is 5.86. The lowest BCUT2D eigenvalue weighted by atomic mass is 10.3. The van der Waals surface area contributed by atoms with Gasteiger partial charge in [-0.3, -0.25) is 0 Å². The number of aryl methyl sites for hydroxylation is 1. The molecule has 0 amide bonds. The van der Waals surface area contributed by atoms with E-state index in [-0.39, 0.29) is 12.4 Å². The van der Waals surface area contributed by atoms with Crippen LogP contribution in [0, 0.1) is 0 Å². The van der Waals surface area contributed by atoms with E-state index in [1.807, 2.05) is 18.2 Å². The monoisotopic (exact) mass is 256 g/mol. The molecule has 0 spiro atoms. The standard InChI is InChI=1S/C10H8N2S2.ClH/c1-2-10-12-8-4-3-7(11-6-13)5-9(8)14-10;/h3-5H,2H2,1H3;1H. The molecule has 0 aliphatic carbocycles. The zero-order chi connectivity index (χ0) is 9.97. The Bertz CT molecular complexity index is 515. The van der Waals surface area contributed by atoms with Crippen LogP contribution in [0.3, 0.4) is 0 Å². The quantitative estimate of drug-likeness (QED) is 0.599. The van der Waals surface area contributed by atoms with Gasteiger partial charge in [-0.1, -0.05) is 6.92 Å². The molecule has 0 N–H and O–H groups in total. The Hall–Kier alpha value is -0.800. The Kier molecular flexibility index (Phi) is 4.36. The predicted molar refractivity (Wildman–Crippen MR) is 70.9 cm³/mol. The third kappa shape index (κ3) is 2.61. The highest BCUT2D eigenvalue weighted by atomic mass is 35.5. The molecule has 2 nitrogen and oxygen atoms in total. The summed E-state index contributed by atoms with van der Waals surface area (Å²) < 4.78 is 1.16. The molecule has 5 heteroatoms. The van der Waals surface area contributed by atoms with Crippen LogP contribution in [0.15, 0.2) is 23.2 Å². The fraction of sp³-hybridized carbons (Fsp3) is 0.200. The van der Waals surface area contributed by atoms with Crippen LogP contribution in [0.5, 0.6) is 0 Å². The van der Waals surface area contributed by atoms with Crippen LogP contribution < -0.4 is 0 Å². The second kappa shape index (κ2) is 5.33. The summed E-state index contributed by atoms with van der Waals surface area (Å²) in [5.41, 5.74) is 1.88. The first-order valence-corrected chi connectivity index (χ1v) is 5.53. The van der Waals surface area contributed by atoms with E-state index in [0.717, 1.165) is 27.3 Å². The molecule has 0 fully saturated rings.